The third kappa shape index (κ3) is 9.62. The van der Waals surface area contributed by atoms with Gasteiger partial charge in [-0.2, -0.15) is 6.07 Å². The molecule has 2 aromatic heterocycles. The van der Waals surface area contributed by atoms with Crippen LogP contribution in [-0.2, 0) is 48.1 Å². The second kappa shape index (κ2) is 16.7. The Balaban J connectivity index is 0.00000612. The van der Waals surface area contributed by atoms with E-state index < -0.39 is 0 Å². The van der Waals surface area contributed by atoms with Crippen LogP contribution in [0.4, 0.5) is 11.4 Å². The maximum atomic E-state index is 6.81. The van der Waals surface area contributed by atoms with Crippen molar-refractivity contribution in [1.82, 2.24) is 9.55 Å². The predicted octanol–water partition coefficient (Wildman–Crippen LogP) is 15.6. The van der Waals surface area contributed by atoms with Crippen molar-refractivity contribution in [1.29, 1.82) is 0 Å². The topological polar surface area (TPSA) is 33.5 Å². The summed E-state index contributed by atoms with van der Waals surface area (Å²) in [5, 5.41) is 2.23. The Labute approximate surface area is 397 Å². The van der Waals surface area contributed by atoms with Gasteiger partial charge in [-0.25, -0.2) is 4.98 Å². The molecule has 0 saturated carbocycles. The summed E-state index contributed by atoms with van der Waals surface area (Å²) in [7, 11) is 0. The Kier molecular flexibility index (Phi) is 12.2. The van der Waals surface area contributed by atoms with Crippen LogP contribution in [0.25, 0.3) is 38.8 Å². The molecule has 0 spiro atoms. The first-order valence-corrected chi connectivity index (χ1v) is 22.4. The minimum atomic E-state index is -0.137. The van der Waals surface area contributed by atoms with Crippen LogP contribution in [0.5, 0.6) is 11.5 Å². The fraction of sp³-hybridized carbons (Fsp3) is 0.345. The van der Waals surface area contributed by atoms with E-state index in [4.69, 9.17) is 9.72 Å². The molecule has 6 heteroatoms. The van der Waals surface area contributed by atoms with Crippen LogP contribution in [-0.4, -0.2) is 9.55 Å². The minimum absolute atomic E-state index is 0. The normalized spacial score (nSPS) is 13.9. The van der Waals surface area contributed by atoms with Crippen LogP contribution in [0.1, 0.15) is 132 Å². The molecule has 1 aliphatic heterocycles. The molecule has 0 amide bonds. The molecular formula is C58H65N4OPt-3. The summed E-state index contributed by atoms with van der Waals surface area (Å²) in [5.74, 6) is 2.10. The van der Waals surface area contributed by atoms with Gasteiger partial charge in [0.25, 0.3) is 0 Å². The Morgan fingerprint density at radius 2 is 1.06 bits per heavy atom. The molecular weight excluding hydrogens is 964 g/mol. The molecule has 0 unspecified atom stereocenters. The first-order chi connectivity index (χ1) is 29.3. The number of nitrogens with zero attached hydrogens (tertiary/aromatic N) is 4. The Morgan fingerprint density at radius 1 is 0.484 bits per heavy atom. The van der Waals surface area contributed by atoms with Crippen LogP contribution in [0, 0.1) is 18.8 Å². The fourth-order valence-corrected chi connectivity index (χ4v) is 8.12. The molecule has 64 heavy (non-hydrogen) atoms. The Hall–Kier alpha value is -5.12. The number of hydrogen-bond acceptors (Lipinski definition) is 4. The van der Waals surface area contributed by atoms with Crippen molar-refractivity contribution < 1.29 is 25.8 Å². The smallest absolute Gasteiger partial charge is 0.135 e. The molecule has 336 valence electrons. The van der Waals surface area contributed by atoms with Gasteiger partial charge in [0, 0.05) is 50.0 Å². The van der Waals surface area contributed by atoms with Crippen molar-refractivity contribution in [2.75, 3.05) is 9.80 Å². The van der Waals surface area contributed by atoms with Crippen molar-refractivity contribution in [3.8, 4) is 28.4 Å². The van der Waals surface area contributed by atoms with E-state index in [0.717, 1.165) is 44.6 Å². The van der Waals surface area contributed by atoms with E-state index in [9.17, 15) is 0 Å². The summed E-state index contributed by atoms with van der Waals surface area (Å²) in [6.45, 7) is 36.0. The second-order valence-corrected chi connectivity index (χ2v) is 22.6. The zero-order valence-corrected chi connectivity index (χ0v) is 42.8. The molecule has 3 heterocycles. The molecule has 0 fully saturated rings. The average molecular weight is 1030 g/mol. The molecule has 0 aliphatic carbocycles. The van der Waals surface area contributed by atoms with Crippen LogP contribution < -0.4 is 14.5 Å². The third-order valence-corrected chi connectivity index (χ3v) is 12.4. The minimum Gasteiger partial charge on any atom is -0.509 e. The summed E-state index contributed by atoms with van der Waals surface area (Å²) in [6.07, 6.45) is 6.15. The molecule has 7 aromatic rings. The third-order valence-electron chi connectivity index (χ3n) is 12.4. The van der Waals surface area contributed by atoms with Crippen LogP contribution in [0.2, 0.25) is 0 Å². The van der Waals surface area contributed by atoms with Crippen molar-refractivity contribution in [3.63, 3.8) is 0 Å². The molecule has 8 rings (SSSR count). The largest absolute Gasteiger partial charge is 0.509 e. The van der Waals surface area contributed by atoms with E-state index in [1.807, 2.05) is 12.3 Å². The summed E-state index contributed by atoms with van der Waals surface area (Å²) in [5.41, 5.74) is 12.6. The Morgan fingerprint density at radius 3 is 1.67 bits per heavy atom. The number of hydrogen-bond donors (Lipinski definition) is 0. The van der Waals surface area contributed by atoms with E-state index in [-0.39, 0.29) is 48.1 Å². The number of fused-ring (bicyclic) bond motifs is 3. The van der Waals surface area contributed by atoms with E-state index in [0.29, 0.717) is 11.5 Å². The summed E-state index contributed by atoms with van der Waals surface area (Å²) in [4.78, 5) is 9.30. The van der Waals surface area contributed by atoms with Gasteiger partial charge in [-0.05, 0) is 109 Å². The molecule has 1 aliphatic rings. The zero-order chi connectivity index (χ0) is 45.4. The number of benzene rings is 5. The zero-order valence-electron chi connectivity index (χ0n) is 40.6. The number of aromatic nitrogens is 2. The van der Waals surface area contributed by atoms with Gasteiger partial charge in [0.2, 0.25) is 0 Å². The number of ether oxygens (including phenoxy) is 1. The first-order valence-electron chi connectivity index (χ1n) is 22.4. The van der Waals surface area contributed by atoms with E-state index in [2.05, 4.69) is 240 Å². The summed E-state index contributed by atoms with van der Waals surface area (Å²) < 4.78 is 9.05. The number of pyridine rings is 1. The van der Waals surface area contributed by atoms with Crippen LogP contribution >= 0.6 is 0 Å². The van der Waals surface area contributed by atoms with Gasteiger partial charge in [0.05, 0.1) is 0 Å². The molecule has 0 N–H and O–H groups in total. The molecule has 5 aromatic carbocycles. The van der Waals surface area contributed by atoms with Crippen LogP contribution in [0.15, 0.2) is 116 Å². The Bertz CT molecular complexity index is 2830. The molecule has 0 saturated heterocycles. The van der Waals surface area contributed by atoms with E-state index in [1.165, 1.54) is 33.4 Å². The van der Waals surface area contributed by atoms with Crippen molar-refractivity contribution in [2.45, 2.75) is 131 Å². The quantitative estimate of drug-likeness (QED) is 0.155. The number of anilines is 2. The maximum absolute atomic E-state index is 6.81. The second-order valence-electron chi connectivity index (χ2n) is 22.6. The van der Waals surface area contributed by atoms with Gasteiger partial charge < -0.3 is 19.1 Å². The van der Waals surface area contributed by atoms with Gasteiger partial charge >= 0.3 is 0 Å². The maximum Gasteiger partial charge on any atom is 0.135 e. The molecule has 0 radical (unpaired) electrons. The molecule has 0 atom stereocenters. The van der Waals surface area contributed by atoms with Gasteiger partial charge in [-0.15, -0.1) is 53.6 Å². The monoisotopic (exact) mass is 1030 g/mol. The van der Waals surface area contributed by atoms with Gasteiger partial charge in [0.15, 0.2) is 0 Å². The average Bonchev–Trinajstić information content (AvgIpc) is 3.82. The van der Waals surface area contributed by atoms with Crippen molar-refractivity contribution in [2.24, 2.45) is 0 Å². The molecule has 0 bridgehead atoms. The predicted molar refractivity (Wildman–Crippen MR) is 267 cm³/mol. The van der Waals surface area contributed by atoms with Gasteiger partial charge in [0.1, 0.15) is 5.82 Å². The number of rotatable bonds is 6. The molecule has 5 nitrogen and oxygen atoms in total. The van der Waals surface area contributed by atoms with Crippen molar-refractivity contribution in [3.05, 3.63) is 162 Å². The van der Waals surface area contributed by atoms with Crippen LogP contribution in [0.3, 0.4) is 0 Å². The van der Waals surface area contributed by atoms with Crippen molar-refractivity contribution >= 4 is 33.2 Å². The van der Waals surface area contributed by atoms with E-state index >= 15 is 0 Å². The SMILES string of the molecule is CC(C)(C)c1ccc(-c2ccc3c(c2)c2ccc(Oc4[c-]c(N5C=CN(c6cc(C(C)(C)C)cc(C(C)(C)C)c6)[CH-]5)cc(C(C)(C)C)c4)[c-]c2n3-c2cc(C(C)(C)C)ccn2)cc1.[Pt]. The summed E-state index contributed by atoms with van der Waals surface area (Å²) in [6, 6.07) is 42.9. The van der Waals surface area contributed by atoms with E-state index in [1.54, 1.807) is 0 Å². The fourth-order valence-electron chi connectivity index (χ4n) is 8.12. The summed E-state index contributed by atoms with van der Waals surface area (Å²) >= 11 is 0. The standard InChI is InChI=1S/C58H65N4O.Pt/c1-54(2,3)40-19-16-38(17-20-40)39-18-23-51-50(28-39)49-22-21-47(36-52(49)62(51)53-34-41(24-25-59-53)55(4,5)6)63-48-33-44(58(13,14)15)32-46(35-48)61-27-26-60(37-61)45-30-42(56(7,8)9)29-43(31-45)57(10,11)12;/h16-34,37H,1-15H3;/q-3;. The first kappa shape index (κ1) is 46.9. The van der Waals surface area contributed by atoms with Gasteiger partial charge in [-0.3, -0.25) is 0 Å². The van der Waals surface area contributed by atoms with Gasteiger partial charge in [-0.1, -0.05) is 152 Å².